The molecule has 1 aliphatic rings. The van der Waals surface area contributed by atoms with Crippen LogP contribution >= 0.6 is 0 Å². The van der Waals surface area contributed by atoms with E-state index in [0.29, 0.717) is 4.57 Å². The van der Waals surface area contributed by atoms with Gasteiger partial charge in [0.25, 0.3) is 0 Å². The molecule has 2 aromatic heterocycles. The third kappa shape index (κ3) is 9.06. The molecule has 3 rings (SSSR count). The van der Waals surface area contributed by atoms with Crippen LogP contribution in [0.25, 0.3) is 0 Å². The van der Waals surface area contributed by atoms with E-state index >= 15 is 8.78 Å². The van der Waals surface area contributed by atoms with E-state index in [9.17, 15) is 29.3 Å². The standard InChI is InChI=1S/C25H32F2N6O12/c1-23(2,3)44-21(36)41-12-14-16(43-22(37)45-24(4,5)6)25(26,27)17(42-14)32-9-8-15(29-19(32)34)30-20(35)40-11-13-10-28-18(31(13)7)33(38)39/h8-10,14,16-17H,11-12H2,1-7H3,(H,29,30,34,35)/t14-,16-,17-/m1/s1. The number of amides is 1. The van der Waals surface area contributed by atoms with Crippen LogP contribution in [-0.4, -0.2) is 78.4 Å². The van der Waals surface area contributed by atoms with E-state index in [4.69, 9.17) is 28.4 Å². The van der Waals surface area contributed by atoms with E-state index in [2.05, 4.69) is 15.3 Å². The lowest BCUT2D eigenvalue weighted by molar-refractivity contribution is -0.396. The smallest absolute Gasteiger partial charge is 0.441 e. The summed E-state index contributed by atoms with van der Waals surface area (Å²) in [6, 6.07) is 0.977. The number of rotatable bonds is 8. The van der Waals surface area contributed by atoms with Crippen LogP contribution in [0.1, 0.15) is 53.5 Å². The molecule has 0 radical (unpaired) electrons. The largest absolute Gasteiger partial charge is 0.509 e. The summed E-state index contributed by atoms with van der Waals surface area (Å²) in [4.78, 5) is 66.6. The normalized spacial score (nSPS) is 19.4. The Kier molecular flexibility index (Phi) is 10.0. The average Bonchev–Trinajstić information content (AvgIpc) is 3.36. The van der Waals surface area contributed by atoms with Crippen molar-refractivity contribution >= 4 is 30.2 Å². The van der Waals surface area contributed by atoms with Gasteiger partial charge in [-0.3, -0.25) is 9.88 Å². The van der Waals surface area contributed by atoms with Crippen molar-refractivity contribution in [3.05, 3.63) is 44.8 Å². The molecule has 45 heavy (non-hydrogen) atoms. The molecule has 248 valence electrons. The van der Waals surface area contributed by atoms with Crippen molar-refractivity contribution in [1.29, 1.82) is 0 Å². The highest BCUT2D eigenvalue weighted by Crippen LogP contribution is 2.44. The van der Waals surface area contributed by atoms with Gasteiger partial charge < -0.3 is 38.5 Å². The summed E-state index contributed by atoms with van der Waals surface area (Å²) in [6.07, 6.45) is -8.43. The van der Waals surface area contributed by atoms with E-state index in [1.807, 2.05) is 0 Å². The first kappa shape index (κ1) is 34.6. The topological polar surface area (TPSA) is 214 Å². The summed E-state index contributed by atoms with van der Waals surface area (Å²) in [6.45, 7) is 7.78. The van der Waals surface area contributed by atoms with Crippen molar-refractivity contribution < 1.29 is 56.5 Å². The number of halogens is 2. The predicted molar refractivity (Wildman–Crippen MR) is 144 cm³/mol. The van der Waals surface area contributed by atoms with Gasteiger partial charge in [0, 0.05) is 6.20 Å². The molecule has 0 saturated carbocycles. The second kappa shape index (κ2) is 13.0. The SMILES string of the molecule is Cn1c(COC(=O)Nc2ccn([C@@H]3O[C@H](COC(=O)OC(C)(C)C)[C@@H](OC(=O)OC(C)(C)C)C3(F)F)c(=O)n2)cnc1[N+](=O)[O-]. The van der Waals surface area contributed by atoms with Gasteiger partial charge in [-0.05, 0) is 52.5 Å². The highest BCUT2D eigenvalue weighted by Gasteiger charge is 2.63. The molecule has 20 heteroatoms. The molecule has 0 spiro atoms. The molecule has 1 aliphatic heterocycles. The first-order valence-electron chi connectivity index (χ1n) is 13.1. The number of imidazole rings is 1. The molecular formula is C25H32F2N6O12. The van der Waals surface area contributed by atoms with Crippen LogP contribution in [0.4, 0.5) is 34.9 Å². The van der Waals surface area contributed by atoms with Crippen LogP contribution in [0.2, 0.25) is 0 Å². The fraction of sp³-hybridized carbons (Fsp3) is 0.600. The molecule has 2 aromatic rings. The molecule has 18 nitrogen and oxygen atoms in total. The molecule has 0 aromatic carbocycles. The Morgan fingerprint density at radius 1 is 1.11 bits per heavy atom. The van der Waals surface area contributed by atoms with Gasteiger partial charge in [0.05, 0.1) is 7.05 Å². The number of aromatic nitrogens is 4. The minimum absolute atomic E-state index is 0.175. The quantitative estimate of drug-likeness (QED) is 0.188. The average molecular weight is 647 g/mol. The van der Waals surface area contributed by atoms with E-state index in [0.717, 1.165) is 23.0 Å². The van der Waals surface area contributed by atoms with Crippen LogP contribution in [0.5, 0.6) is 0 Å². The summed E-state index contributed by atoms with van der Waals surface area (Å²) >= 11 is 0. The van der Waals surface area contributed by atoms with Gasteiger partial charge in [-0.25, -0.2) is 23.7 Å². The van der Waals surface area contributed by atoms with E-state index in [-0.39, 0.29) is 5.69 Å². The Hall–Kier alpha value is -4.88. The van der Waals surface area contributed by atoms with E-state index < -0.39 is 89.6 Å². The van der Waals surface area contributed by atoms with Crippen LogP contribution in [0.3, 0.4) is 0 Å². The molecule has 0 aliphatic carbocycles. The van der Waals surface area contributed by atoms with Crippen molar-refractivity contribution in [2.24, 2.45) is 7.05 Å². The number of nitro groups is 1. The van der Waals surface area contributed by atoms with Crippen LogP contribution < -0.4 is 11.0 Å². The third-order valence-corrected chi connectivity index (χ3v) is 5.60. The Balaban J connectivity index is 1.76. The minimum atomic E-state index is -4.09. The lowest BCUT2D eigenvalue weighted by Crippen LogP contribution is -2.45. The summed E-state index contributed by atoms with van der Waals surface area (Å²) in [5.41, 5.74) is -3.21. The molecule has 1 saturated heterocycles. The fourth-order valence-corrected chi connectivity index (χ4v) is 3.73. The van der Waals surface area contributed by atoms with Crippen molar-refractivity contribution in [2.75, 3.05) is 11.9 Å². The summed E-state index contributed by atoms with van der Waals surface area (Å²) in [7, 11) is 1.33. The second-order valence-corrected chi connectivity index (χ2v) is 11.5. The van der Waals surface area contributed by atoms with Gasteiger partial charge in [0.15, 0.2) is 12.3 Å². The Morgan fingerprint density at radius 2 is 1.73 bits per heavy atom. The Bertz CT molecular complexity index is 1500. The molecule has 1 fully saturated rings. The van der Waals surface area contributed by atoms with Gasteiger partial charge in [-0.2, -0.15) is 13.8 Å². The van der Waals surface area contributed by atoms with Gasteiger partial charge in [-0.15, -0.1) is 0 Å². The zero-order valence-electron chi connectivity index (χ0n) is 25.3. The number of hydrogen-bond acceptors (Lipinski definition) is 14. The minimum Gasteiger partial charge on any atom is -0.441 e. The maximum atomic E-state index is 15.7. The van der Waals surface area contributed by atoms with Gasteiger partial charge >= 0.3 is 36.0 Å². The number of alkyl halides is 2. The summed E-state index contributed by atoms with van der Waals surface area (Å²) in [5.74, 6) is -4.98. The highest BCUT2D eigenvalue weighted by molar-refractivity contribution is 5.83. The lowest BCUT2D eigenvalue weighted by atomic mass is 10.1. The Labute approximate surface area is 253 Å². The maximum Gasteiger partial charge on any atom is 0.509 e. The van der Waals surface area contributed by atoms with Crippen LogP contribution in [-0.2, 0) is 42.1 Å². The fourth-order valence-electron chi connectivity index (χ4n) is 3.73. The van der Waals surface area contributed by atoms with Crippen molar-refractivity contribution in [3.8, 4) is 0 Å². The third-order valence-electron chi connectivity index (χ3n) is 5.60. The van der Waals surface area contributed by atoms with Crippen LogP contribution in [0.15, 0.2) is 23.3 Å². The number of hydrogen-bond donors (Lipinski definition) is 1. The van der Waals surface area contributed by atoms with Crippen molar-refractivity contribution in [2.45, 2.75) is 83.7 Å². The monoisotopic (exact) mass is 646 g/mol. The molecule has 1 amide bonds. The molecule has 0 unspecified atom stereocenters. The molecular weight excluding hydrogens is 614 g/mol. The van der Waals surface area contributed by atoms with E-state index in [1.165, 1.54) is 27.8 Å². The number of nitrogens with zero attached hydrogens (tertiary/aromatic N) is 5. The summed E-state index contributed by atoms with van der Waals surface area (Å²) in [5, 5.41) is 13.0. The van der Waals surface area contributed by atoms with Gasteiger partial charge in [0.1, 0.15) is 35.9 Å². The second-order valence-electron chi connectivity index (χ2n) is 11.5. The Morgan fingerprint density at radius 3 is 2.29 bits per heavy atom. The lowest BCUT2D eigenvalue weighted by Gasteiger charge is -2.26. The number of nitrogens with one attached hydrogen (secondary N) is 1. The number of carbonyl (C=O) groups is 3. The highest BCUT2D eigenvalue weighted by atomic mass is 19.3. The first-order valence-corrected chi connectivity index (χ1v) is 13.1. The maximum absolute atomic E-state index is 15.7. The zero-order valence-corrected chi connectivity index (χ0v) is 25.3. The zero-order chi connectivity index (χ0) is 33.9. The number of carbonyl (C=O) groups excluding carboxylic acids is 3. The molecule has 1 N–H and O–H groups in total. The first-order chi connectivity index (χ1) is 20.7. The molecule has 3 atom stereocenters. The van der Waals surface area contributed by atoms with Crippen molar-refractivity contribution in [1.82, 2.24) is 19.1 Å². The van der Waals surface area contributed by atoms with Crippen molar-refractivity contribution in [3.63, 3.8) is 0 Å². The van der Waals surface area contributed by atoms with E-state index in [1.54, 1.807) is 20.8 Å². The van der Waals surface area contributed by atoms with Gasteiger partial charge in [-0.1, -0.05) is 4.98 Å². The van der Waals surface area contributed by atoms with Gasteiger partial charge in [0.2, 0.25) is 12.3 Å². The molecule has 3 heterocycles. The number of ether oxygens (including phenoxy) is 6. The number of anilines is 1. The van der Waals surface area contributed by atoms with Crippen LogP contribution in [0, 0.1) is 10.1 Å². The summed E-state index contributed by atoms with van der Waals surface area (Å²) < 4.78 is 62.9. The molecule has 0 bridgehead atoms. The predicted octanol–water partition coefficient (Wildman–Crippen LogP) is 3.44.